The van der Waals surface area contributed by atoms with Crippen molar-refractivity contribution >= 4 is 43.4 Å². The van der Waals surface area contributed by atoms with Gasteiger partial charge >= 0.3 is 6.01 Å². The maximum absolute atomic E-state index is 16.7. The maximum atomic E-state index is 16.7. The van der Waals surface area contributed by atoms with Crippen molar-refractivity contribution in [3.05, 3.63) is 46.6 Å². The molecular weight excluding hydrogens is 639 g/mol. The number of benzene rings is 2. The van der Waals surface area contributed by atoms with Gasteiger partial charge in [-0.3, -0.25) is 9.88 Å². The van der Waals surface area contributed by atoms with Crippen molar-refractivity contribution < 1.29 is 28.1 Å². The minimum atomic E-state index is -0.922. The predicted octanol–water partition coefficient (Wildman–Crippen LogP) is 5.75. The first-order chi connectivity index (χ1) is 21.2. The summed E-state index contributed by atoms with van der Waals surface area (Å²) in [6, 6.07) is 5.60. The average molecular weight is 671 g/mol. The standard InChI is InChI=1S/C32H31BrF3N5O3/c33-26-23(35)3-2-17-8-20(42)9-21(25(17)26)28-27(36)29-22(11-37-28)30(40-12-16-6-18(13-40)24(43)7-16)39-31(38-29)44-15-32-4-1-5-41(32)14-19(34)10-32/h2-3,8-9,11,16,18-19,24,42-43H,1,4-7,10,12-15H2/t16?,18?,19-,24?,32+/m1/s1. The predicted molar refractivity (Wildman–Crippen MR) is 163 cm³/mol. The third-order valence-corrected chi connectivity index (χ3v) is 10.9. The zero-order chi connectivity index (χ0) is 30.3. The summed E-state index contributed by atoms with van der Waals surface area (Å²) < 4.78 is 52.1. The van der Waals surface area contributed by atoms with Gasteiger partial charge in [0.2, 0.25) is 0 Å². The van der Waals surface area contributed by atoms with Crippen LogP contribution in [0.25, 0.3) is 32.9 Å². The molecule has 0 radical (unpaired) electrons. The van der Waals surface area contributed by atoms with Gasteiger partial charge in [-0.05, 0) is 77.7 Å². The van der Waals surface area contributed by atoms with Crippen LogP contribution in [0.2, 0.25) is 0 Å². The Morgan fingerprint density at radius 3 is 2.82 bits per heavy atom. The molecular formula is C32H31BrF3N5O3. The van der Waals surface area contributed by atoms with E-state index in [1.54, 1.807) is 0 Å². The van der Waals surface area contributed by atoms with E-state index in [1.807, 2.05) is 0 Å². The third-order valence-electron chi connectivity index (χ3n) is 10.1. The SMILES string of the molecule is Oc1cc(-c2ncc3c(N4CC5CC(O)C(C5)C4)nc(OC[C@@]45CCCN4C[C@H](F)C5)nc3c2F)c2c(Br)c(F)ccc2c1. The van der Waals surface area contributed by atoms with Crippen molar-refractivity contribution in [2.75, 3.05) is 37.7 Å². The van der Waals surface area contributed by atoms with E-state index in [2.05, 4.69) is 35.7 Å². The van der Waals surface area contributed by atoms with E-state index in [0.717, 1.165) is 25.8 Å². The molecule has 4 aliphatic rings. The van der Waals surface area contributed by atoms with Gasteiger partial charge in [0.15, 0.2) is 5.82 Å². The van der Waals surface area contributed by atoms with Crippen molar-refractivity contribution in [2.24, 2.45) is 11.8 Å². The minimum Gasteiger partial charge on any atom is -0.508 e. The molecule has 1 aliphatic carbocycles. The molecule has 2 N–H and O–H groups in total. The molecule has 4 fully saturated rings. The number of aromatic hydroxyl groups is 1. The normalized spacial score (nSPS) is 28.3. The number of aliphatic hydroxyl groups is 1. The number of aliphatic hydroxyl groups excluding tert-OH is 1. The molecule has 230 valence electrons. The van der Waals surface area contributed by atoms with Gasteiger partial charge in [-0.25, -0.2) is 13.2 Å². The van der Waals surface area contributed by atoms with Gasteiger partial charge < -0.3 is 19.8 Å². The van der Waals surface area contributed by atoms with E-state index < -0.39 is 29.4 Å². The van der Waals surface area contributed by atoms with Crippen LogP contribution in [0, 0.1) is 23.5 Å². The van der Waals surface area contributed by atoms with Gasteiger partial charge in [-0.1, -0.05) is 6.07 Å². The van der Waals surface area contributed by atoms with Crippen LogP contribution in [0.3, 0.4) is 0 Å². The zero-order valence-electron chi connectivity index (χ0n) is 23.8. The summed E-state index contributed by atoms with van der Waals surface area (Å²) in [6.45, 7) is 2.57. The molecule has 3 unspecified atom stereocenters. The van der Waals surface area contributed by atoms with Gasteiger partial charge in [0.25, 0.3) is 0 Å². The van der Waals surface area contributed by atoms with Crippen molar-refractivity contribution in [3.63, 3.8) is 0 Å². The molecule has 44 heavy (non-hydrogen) atoms. The summed E-state index contributed by atoms with van der Waals surface area (Å²) in [5.41, 5.74) is -0.363. The van der Waals surface area contributed by atoms with E-state index in [9.17, 15) is 19.0 Å². The summed E-state index contributed by atoms with van der Waals surface area (Å²) in [5.74, 6) is -0.579. The van der Waals surface area contributed by atoms with Gasteiger partial charge in [-0.2, -0.15) is 9.97 Å². The Hall–Kier alpha value is -3.22. The second kappa shape index (κ2) is 10.4. The highest BCUT2D eigenvalue weighted by Crippen LogP contribution is 2.44. The van der Waals surface area contributed by atoms with Crippen molar-refractivity contribution in [3.8, 4) is 23.0 Å². The largest absolute Gasteiger partial charge is 0.508 e. The first kappa shape index (κ1) is 28.3. The number of aromatic nitrogens is 3. The second-order valence-corrected chi connectivity index (χ2v) is 13.7. The van der Waals surface area contributed by atoms with Crippen LogP contribution < -0.4 is 9.64 Å². The lowest BCUT2D eigenvalue weighted by Crippen LogP contribution is -2.43. The first-order valence-electron chi connectivity index (χ1n) is 15.1. The van der Waals surface area contributed by atoms with E-state index >= 15 is 4.39 Å². The number of alkyl halides is 1. The molecule has 4 aromatic rings. The quantitative estimate of drug-likeness (QED) is 0.277. The second-order valence-electron chi connectivity index (χ2n) is 12.9. The molecule has 2 aromatic heterocycles. The number of nitrogens with zero attached hydrogens (tertiary/aromatic N) is 5. The molecule has 2 bridgehead atoms. The van der Waals surface area contributed by atoms with E-state index in [1.165, 1.54) is 30.5 Å². The van der Waals surface area contributed by atoms with E-state index in [-0.39, 0.29) is 51.4 Å². The lowest BCUT2D eigenvalue weighted by molar-refractivity contribution is 0.107. The van der Waals surface area contributed by atoms with Gasteiger partial charge in [0.1, 0.15) is 41.4 Å². The summed E-state index contributed by atoms with van der Waals surface area (Å²) in [4.78, 5) is 18.0. The fraction of sp³-hybridized carbons (Fsp3) is 0.469. The van der Waals surface area contributed by atoms with E-state index in [4.69, 9.17) is 9.72 Å². The third kappa shape index (κ3) is 4.51. The van der Waals surface area contributed by atoms with Crippen molar-refractivity contribution in [1.82, 2.24) is 19.9 Å². The molecule has 2 aromatic carbocycles. The Morgan fingerprint density at radius 1 is 1.11 bits per heavy atom. The number of hydrogen-bond acceptors (Lipinski definition) is 8. The van der Waals surface area contributed by atoms with Crippen LogP contribution in [-0.4, -0.2) is 80.7 Å². The highest BCUT2D eigenvalue weighted by atomic mass is 79.9. The number of piperidine rings is 1. The van der Waals surface area contributed by atoms with E-state index in [0.29, 0.717) is 54.5 Å². The van der Waals surface area contributed by atoms with Gasteiger partial charge in [0.05, 0.1) is 21.5 Å². The van der Waals surface area contributed by atoms with Crippen molar-refractivity contribution in [1.29, 1.82) is 0 Å². The number of phenols is 1. The summed E-state index contributed by atoms with van der Waals surface area (Å²) in [6.07, 6.45) is 3.97. The number of halogens is 4. The Bertz CT molecular complexity index is 1810. The smallest absolute Gasteiger partial charge is 0.319 e. The van der Waals surface area contributed by atoms with Crippen molar-refractivity contribution in [2.45, 2.75) is 49.9 Å². The monoisotopic (exact) mass is 669 g/mol. The molecule has 3 aliphatic heterocycles. The van der Waals surface area contributed by atoms with Crippen LogP contribution in [-0.2, 0) is 0 Å². The van der Waals surface area contributed by atoms with Crippen LogP contribution in [0.5, 0.6) is 11.8 Å². The number of ether oxygens (including phenoxy) is 1. The summed E-state index contributed by atoms with van der Waals surface area (Å²) in [5, 5.41) is 22.3. The Morgan fingerprint density at radius 2 is 1.98 bits per heavy atom. The number of phenolic OH excluding ortho intramolecular Hbond substituents is 1. The molecule has 0 spiro atoms. The Kier molecular flexibility index (Phi) is 6.69. The number of hydrogen-bond donors (Lipinski definition) is 2. The highest BCUT2D eigenvalue weighted by molar-refractivity contribution is 9.10. The average Bonchev–Trinajstić information content (AvgIpc) is 3.61. The molecule has 5 atom stereocenters. The van der Waals surface area contributed by atoms with Crippen LogP contribution in [0.4, 0.5) is 19.0 Å². The Labute approximate surface area is 260 Å². The fourth-order valence-corrected chi connectivity index (χ4v) is 8.71. The van der Waals surface area contributed by atoms with Crippen LogP contribution in [0.1, 0.15) is 32.1 Å². The number of rotatable bonds is 5. The molecule has 3 saturated heterocycles. The number of fused-ring (bicyclic) bond motifs is 5. The number of anilines is 1. The molecule has 5 heterocycles. The molecule has 12 heteroatoms. The summed E-state index contributed by atoms with van der Waals surface area (Å²) in [7, 11) is 0. The minimum absolute atomic E-state index is 0.0152. The maximum Gasteiger partial charge on any atom is 0.319 e. The lowest BCUT2D eigenvalue weighted by atomic mass is 9.95. The molecule has 8 rings (SSSR count). The molecule has 1 saturated carbocycles. The van der Waals surface area contributed by atoms with Crippen LogP contribution in [0.15, 0.2) is 34.9 Å². The summed E-state index contributed by atoms with van der Waals surface area (Å²) >= 11 is 3.29. The number of pyridine rings is 1. The van der Waals surface area contributed by atoms with Gasteiger partial charge in [-0.15, -0.1) is 0 Å². The first-order valence-corrected chi connectivity index (χ1v) is 15.9. The topological polar surface area (TPSA) is 94.8 Å². The Balaban J connectivity index is 1.26. The molecule has 8 nitrogen and oxygen atoms in total. The van der Waals surface area contributed by atoms with Gasteiger partial charge in [0, 0.05) is 49.1 Å². The fourth-order valence-electron chi connectivity index (χ4n) is 8.13. The molecule has 0 amide bonds. The lowest BCUT2D eigenvalue weighted by Gasteiger charge is -2.34. The van der Waals surface area contributed by atoms with Crippen LogP contribution >= 0.6 is 15.9 Å². The highest BCUT2D eigenvalue weighted by Gasteiger charge is 2.49. The zero-order valence-corrected chi connectivity index (χ0v) is 25.4.